The van der Waals surface area contributed by atoms with E-state index in [1.165, 1.54) is 0 Å². The Hall–Kier alpha value is -2.47. The van der Waals surface area contributed by atoms with Gasteiger partial charge in [-0.2, -0.15) is 0 Å². The second-order valence-corrected chi connectivity index (χ2v) is 3.58. The predicted molar refractivity (Wildman–Crippen MR) is 67.5 cm³/mol. The van der Waals surface area contributed by atoms with Crippen LogP contribution in [0.2, 0.25) is 0 Å². The second-order valence-electron chi connectivity index (χ2n) is 3.58. The molecule has 0 aliphatic heterocycles. The standard InChI is InChI=1S/C12H13N5O/c13-17-12(18)9-4-6-15-11(7-9)16-8-10-3-1-2-5-14-10/h1-7H,8,13H2,(H,15,16)(H,17,18). The van der Waals surface area contributed by atoms with Crippen molar-refractivity contribution in [1.29, 1.82) is 0 Å². The zero-order valence-electron chi connectivity index (χ0n) is 9.63. The molecule has 92 valence electrons. The molecule has 4 N–H and O–H groups in total. The van der Waals surface area contributed by atoms with E-state index in [0.717, 1.165) is 5.69 Å². The zero-order chi connectivity index (χ0) is 12.8. The molecule has 2 heterocycles. The highest BCUT2D eigenvalue weighted by atomic mass is 16.2. The number of rotatable bonds is 4. The molecule has 0 aliphatic rings. The van der Waals surface area contributed by atoms with E-state index >= 15 is 0 Å². The normalized spacial score (nSPS) is 9.83. The molecule has 0 radical (unpaired) electrons. The van der Waals surface area contributed by atoms with Crippen molar-refractivity contribution in [2.75, 3.05) is 5.32 Å². The van der Waals surface area contributed by atoms with Crippen molar-refractivity contribution in [2.24, 2.45) is 5.84 Å². The van der Waals surface area contributed by atoms with Gasteiger partial charge in [-0.1, -0.05) is 6.07 Å². The van der Waals surface area contributed by atoms with Gasteiger partial charge < -0.3 is 5.32 Å². The Kier molecular flexibility index (Phi) is 3.83. The molecule has 0 bridgehead atoms. The van der Waals surface area contributed by atoms with Gasteiger partial charge in [-0.3, -0.25) is 15.2 Å². The van der Waals surface area contributed by atoms with Crippen molar-refractivity contribution in [2.45, 2.75) is 6.54 Å². The number of amides is 1. The van der Waals surface area contributed by atoms with Gasteiger partial charge >= 0.3 is 0 Å². The van der Waals surface area contributed by atoms with Gasteiger partial charge in [0.25, 0.3) is 5.91 Å². The average molecular weight is 243 g/mol. The van der Waals surface area contributed by atoms with Crippen LogP contribution in [0.15, 0.2) is 42.7 Å². The quantitative estimate of drug-likeness (QED) is 0.417. The molecule has 2 aromatic rings. The third-order valence-electron chi connectivity index (χ3n) is 2.33. The first-order chi connectivity index (χ1) is 8.79. The van der Waals surface area contributed by atoms with E-state index in [1.54, 1.807) is 24.5 Å². The van der Waals surface area contributed by atoms with Crippen molar-refractivity contribution in [3.05, 3.63) is 54.0 Å². The molecule has 0 unspecified atom stereocenters. The van der Waals surface area contributed by atoms with E-state index in [-0.39, 0.29) is 5.91 Å². The lowest BCUT2D eigenvalue weighted by Gasteiger charge is -2.06. The van der Waals surface area contributed by atoms with E-state index < -0.39 is 0 Å². The lowest BCUT2D eigenvalue weighted by atomic mass is 10.2. The molecule has 0 fully saturated rings. The minimum atomic E-state index is -0.349. The van der Waals surface area contributed by atoms with E-state index in [2.05, 4.69) is 20.7 Å². The van der Waals surface area contributed by atoms with Gasteiger partial charge in [-0.15, -0.1) is 0 Å². The van der Waals surface area contributed by atoms with Gasteiger partial charge in [0.1, 0.15) is 5.82 Å². The highest BCUT2D eigenvalue weighted by Gasteiger charge is 2.04. The van der Waals surface area contributed by atoms with Crippen molar-refractivity contribution >= 4 is 11.7 Å². The summed E-state index contributed by atoms with van der Waals surface area (Å²) < 4.78 is 0. The van der Waals surface area contributed by atoms with Crippen LogP contribution in [0.25, 0.3) is 0 Å². The van der Waals surface area contributed by atoms with Gasteiger partial charge in [0.15, 0.2) is 0 Å². The smallest absolute Gasteiger partial charge is 0.265 e. The SMILES string of the molecule is NNC(=O)c1ccnc(NCc2ccccn2)c1. The number of hydrogen-bond acceptors (Lipinski definition) is 5. The van der Waals surface area contributed by atoms with Gasteiger partial charge in [0, 0.05) is 18.0 Å². The van der Waals surface area contributed by atoms with Crippen LogP contribution < -0.4 is 16.6 Å². The summed E-state index contributed by atoms with van der Waals surface area (Å²) in [6.45, 7) is 0.543. The molecule has 2 rings (SSSR count). The molecule has 1 amide bonds. The predicted octanol–water partition coefficient (Wildman–Crippen LogP) is 0.692. The number of anilines is 1. The fourth-order valence-electron chi connectivity index (χ4n) is 1.44. The number of hydrazine groups is 1. The molecule has 0 saturated heterocycles. The van der Waals surface area contributed by atoms with Crippen LogP contribution >= 0.6 is 0 Å². The Labute approximate surface area is 104 Å². The van der Waals surface area contributed by atoms with Gasteiger partial charge in [-0.25, -0.2) is 10.8 Å². The Bertz CT molecular complexity index is 529. The lowest BCUT2D eigenvalue weighted by Crippen LogP contribution is -2.30. The lowest BCUT2D eigenvalue weighted by molar-refractivity contribution is 0.0953. The number of nitrogens with zero attached hydrogens (tertiary/aromatic N) is 2. The Morgan fingerprint density at radius 1 is 1.22 bits per heavy atom. The number of hydrogen-bond donors (Lipinski definition) is 3. The molecule has 18 heavy (non-hydrogen) atoms. The van der Waals surface area contributed by atoms with Crippen LogP contribution in [-0.4, -0.2) is 15.9 Å². The third-order valence-corrected chi connectivity index (χ3v) is 2.33. The minimum absolute atomic E-state index is 0.349. The minimum Gasteiger partial charge on any atom is -0.364 e. The van der Waals surface area contributed by atoms with Crippen molar-refractivity contribution in [3.63, 3.8) is 0 Å². The third kappa shape index (κ3) is 3.02. The topological polar surface area (TPSA) is 92.9 Å². The summed E-state index contributed by atoms with van der Waals surface area (Å²) in [5.41, 5.74) is 3.43. The number of nitrogens with one attached hydrogen (secondary N) is 2. The Morgan fingerprint density at radius 3 is 2.83 bits per heavy atom. The molecule has 0 aromatic carbocycles. The summed E-state index contributed by atoms with van der Waals surface area (Å²) in [4.78, 5) is 19.6. The van der Waals surface area contributed by atoms with Crippen molar-refractivity contribution in [3.8, 4) is 0 Å². The van der Waals surface area contributed by atoms with Crippen molar-refractivity contribution in [1.82, 2.24) is 15.4 Å². The molecular weight excluding hydrogens is 230 g/mol. The average Bonchev–Trinajstić information content (AvgIpc) is 2.45. The Balaban J connectivity index is 2.04. The number of nitrogens with two attached hydrogens (primary N) is 1. The molecule has 0 aliphatic carbocycles. The first kappa shape index (κ1) is 12.0. The van der Waals surface area contributed by atoms with Crippen LogP contribution in [0.4, 0.5) is 5.82 Å². The molecule has 0 saturated carbocycles. The summed E-state index contributed by atoms with van der Waals surface area (Å²) in [6, 6.07) is 8.90. The number of carbonyl (C=O) groups excluding carboxylic acids is 1. The van der Waals surface area contributed by atoms with Crippen LogP contribution in [-0.2, 0) is 6.54 Å². The highest BCUT2D eigenvalue weighted by Crippen LogP contribution is 2.07. The number of nitrogen functional groups attached to an aromatic ring is 1. The number of aromatic nitrogens is 2. The van der Waals surface area contributed by atoms with Gasteiger partial charge in [0.2, 0.25) is 0 Å². The summed E-state index contributed by atoms with van der Waals surface area (Å²) in [7, 11) is 0. The molecule has 6 heteroatoms. The zero-order valence-corrected chi connectivity index (χ0v) is 9.63. The maximum absolute atomic E-state index is 11.3. The first-order valence-corrected chi connectivity index (χ1v) is 5.40. The summed E-state index contributed by atoms with van der Waals surface area (Å²) in [5.74, 6) is 5.32. The van der Waals surface area contributed by atoms with E-state index in [1.807, 2.05) is 18.2 Å². The van der Waals surface area contributed by atoms with Crippen LogP contribution in [0.3, 0.4) is 0 Å². The van der Waals surface area contributed by atoms with E-state index in [4.69, 9.17) is 5.84 Å². The van der Waals surface area contributed by atoms with Gasteiger partial charge in [0.05, 0.1) is 12.2 Å². The van der Waals surface area contributed by atoms with E-state index in [0.29, 0.717) is 17.9 Å². The van der Waals surface area contributed by atoms with Crippen LogP contribution in [0.5, 0.6) is 0 Å². The van der Waals surface area contributed by atoms with Crippen LogP contribution in [0, 0.1) is 0 Å². The maximum atomic E-state index is 11.3. The summed E-state index contributed by atoms with van der Waals surface area (Å²) in [6.07, 6.45) is 3.27. The molecule has 0 spiro atoms. The maximum Gasteiger partial charge on any atom is 0.265 e. The molecule has 0 atom stereocenters. The largest absolute Gasteiger partial charge is 0.364 e. The second kappa shape index (κ2) is 5.74. The van der Waals surface area contributed by atoms with Gasteiger partial charge in [-0.05, 0) is 24.3 Å². The highest BCUT2D eigenvalue weighted by molar-refractivity contribution is 5.94. The van der Waals surface area contributed by atoms with E-state index in [9.17, 15) is 4.79 Å². The van der Waals surface area contributed by atoms with Crippen molar-refractivity contribution < 1.29 is 4.79 Å². The Morgan fingerprint density at radius 2 is 2.11 bits per heavy atom. The van der Waals surface area contributed by atoms with Crippen LogP contribution in [0.1, 0.15) is 16.1 Å². The molecule has 2 aromatic heterocycles. The number of carbonyl (C=O) groups is 1. The summed E-state index contributed by atoms with van der Waals surface area (Å²) in [5, 5.41) is 3.09. The molecular formula is C12H13N5O. The summed E-state index contributed by atoms with van der Waals surface area (Å²) >= 11 is 0. The monoisotopic (exact) mass is 243 g/mol. The molecule has 6 nitrogen and oxygen atoms in total. The fraction of sp³-hybridized carbons (Fsp3) is 0.0833. The first-order valence-electron chi connectivity index (χ1n) is 5.40. The number of pyridine rings is 2. The fourth-order valence-corrected chi connectivity index (χ4v) is 1.44.